The van der Waals surface area contributed by atoms with Gasteiger partial charge in [0.15, 0.2) is 0 Å². The first-order chi connectivity index (χ1) is 19.3. The van der Waals surface area contributed by atoms with Crippen molar-refractivity contribution in [2.45, 2.75) is 65.4 Å². The molecule has 0 unspecified atom stereocenters. The van der Waals surface area contributed by atoms with E-state index in [1.807, 2.05) is 58.9 Å². The Labute approximate surface area is 249 Å². The molecule has 3 aromatic carbocycles. The van der Waals surface area contributed by atoms with Crippen LogP contribution in [0, 0.1) is 26.7 Å². The molecule has 1 atom stereocenters. The van der Waals surface area contributed by atoms with E-state index in [9.17, 15) is 18.0 Å². The Balaban J connectivity index is 2.07. The van der Waals surface area contributed by atoms with Crippen molar-refractivity contribution in [3.05, 3.63) is 94.0 Å². The van der Waals surface area contributed by atoms with Crippen molar-refractivity contribution >= 4 is 39.1 Å². The van der Waals surface area contributed by atoms with Gasteiger partial charge in [-0.05, 0) is 74.6 Å². The molecule has 7 nitrogen and oxygen atoms in total. The van der Waals surface area contributed by atoms with E-state index in [0.29, 0.717) is 29.2 Å². The lowest BCUT2D eigenvalue weighted by atomic mass is 10.1. The summed E-state index contributed by atoms with van der Waals surface area (Å²) in [5.41, 5.74) is 3.78. The van der Waals surface area contributed by atoms with Gasteiger partial charge < -0.3 is 10.2 Å². The highest BCUT2D eigenvalue weighted by molar-refractivity contribution is 7.92. The molecule has 0 saturated heterocycles. The number of nitrogens with zero attached hydrogens (tertiary/aromatic N) is 2. The van der Waals surface area contributed by atoms with E-state index >= 15 is 0 Å². The number of hydrogen-bond donors (Lipinski definition) is 1. The largest absolute Gasteiger partial charge is 0.354 e. The SMILES string of the molecule is CC[C@H](C(=O)NCC(C)C)N(Cc1ccc(C)cc1)C(=O)CN(c1ccc(Cl)cc1C)S(=O)(=O)c1ccc(C)cc1. The molecule has 9 heteroatoms. The maximum atomic E-state index is 14.2. The second kappa shape index (κ2) is 14.0. The van der Waals surface area contributed by atoms with Crippen molar-refractivity contribution in [3.8, 4) is 0 Å². The third-order valence-corrected chi connectivity index (χ3v) is 8.87. The summed E-state index contributed by atoms with van der Waals surface area (Å²) in [5, 5.41) is 3.40. The first-order valence-corrected chi connectivity index (χ1v) is 15.6. The summed E-state index contributed by atoms with van der Waals surface area (Å²) < 4.78 is 29.2. The molecular formula is C32H40ClN3O4S. The highest BCUT2D eigenvalue weighted by Crippen LogP contribution is 2.29. The Morgan fingerprint density at radius 1 is 0.902 bits per heavy atom. The number of hydrogen-bond acceptors (Lipinski definition) is 4. The summed E-state index contributed by atoms with van der Waals surface area (Å²) in [5.74, 6) is -0.514. The minimum Gasteiger partial charge on any atom is -0.354 e. The van der Waals surface area contributed by atoms with Gasteiger partial charge in [0.2, 0.25) is 11.8 Å². The molecule has 0 aliphatic rings. The van der Waals surface area contributed by atoms with Crippen LogP contribution in [0.15, 0.2) is 71.6 Å². The molecule has 0 heterocycles. The monoisotopic (exact) mass is 597 g/mol. The maximum Gasteiger partial charge on any atom is 0.264 e. The van der Waals surface area contributed by atoms with Gasteiger partial charge in [-0.3, -0.25) is 13.9 Å². The Kier molecular flexibility index (Phi) is 11.0. The standard InChI is InChI=1S/C32H40ClN3O4S/c1-7-29(32(38)34-19-22(2)3)35(20-26-12-8-23(4)9-13-26)31(37)21-36(30-17-14-27(33)18-25(30)6)41(39,40)28-15-10-24(5)11-16-28/h8-18,22,29H,7,19-21H2,1-6H3,(H,34,38)/t29-/m1/s1. The Bertz CT molecular complexity index is 1460. The van der Waals surface area contributed by atoms with Gasteiger partial charge in [-0.1, -0.05) is 79.9 Å². The van der Waals surface area contributed by atoms with Crippen LogP contribution in [0.5, 0.6) is 0 Å². The van der Waals surface area contributed by atoms with E-state index in [0.717, 1.165) is 21.0 Å². The molecular weight excluding hydrogens is 558 g/mol. The zero-order chi connectivity index (χ0) is 30.3. The van der Waals surface area contributed by atoms with Crippen LogP contribution >= 0.6 is 11.6 Å². The maximum absolute atomic E-state index is 14.2. The summed E-state index contributed by atoms with van der Waals surface area (Å²) in [6.45, 7) is 11.6. The fourth-order valence-corrected chi connectivity index (χ4v) is 6.19. The van der Waals surface area contributed by atoms with Gasteiger partial charge in [-0.2, -0.15) is 0 Å². The summed E-state index contributed by atoms with van der Waals surface area (Å²) in [6.07, 6.45) is 0.367. The Morgan fingerprint density at radius 3 is 2.02 bits per heavy atom. The number of nitrogens with one attached hydrogen (secondary N) is 1. The van der Waals surface area contributed by atoms with Crippen molar-refractivity contribution < 1.29 is 18.0 Å². The molecule has 0 radical (unpaired) electrons. The van der Waals surface area contributed by atoms with E-state index in [1.54, 1.807) is 37.3 Å². The molecule has 220 valence electrons. The molecule has 0 fully saturated rings. The number of halogens is 1. The summed E-state index contributed by atoms with van der Waals surface area (Å²) in [6, 6.07) is 18.3. The van der Waals surface area contributed by atoms with Gasteiger partial charge in [-0.15, -0.1) is 0 Å². The fourth-order valence-electron chi connectivity index (χ4n) is 4.48. The number of amides is 2. The normalized spacial score (nSPS) is 12.2. The third kappa shape index (κ3) is 8.33. The van der Waals surface area contributed by atoms with E-state index in [1.165, 1.54) is 17.0 Å². The second-order valence-corrected chi connectivity index (χ2v) is 13.1. The zero-order valence-electron chi connectivity index (χ0n) is 24.6. The number of aryl methyl sites for hydroxylation is 3. The zero-order valence-corrected chi connectivity index (χ0v) is 26.2. The van der Waals surface area contributed by atoms with E-state index in [4.69, 9.17) is 11.6 Å². The number of benzene rings is 3. The van der Waals surface area contributed by atoms with Gasteiger partial charge in [0.05, 0.1) is 10.6 Å². The van der Waals surface area contributed by atoms with Gasteiger partial charge in [0.1, 0.15) is 12.6 Å². The van der Waals surface area contributed by atoms with Crippen molar-refractivity contribution in [2.24, 2.45) is 5.92 Å². The predicted octanol–water partition coefficient (Wildman–Crippen LogP) is 6.04. The van der Waals surface area contributed by atoms with Crippen molar-refractivity contribution in [1.29, 1.82) is 0 Å². The molecule has 2 amide bonds. The first kappa shape index (κ1) is 32.2. The van der Waals surface area contributed by atoms with Gasteiger partial charge >= 0.3 is 0 Å². The molecule has 0 saturated carbocycles. The van der Waals surface area contributed by atoms with Crippen molar-refractivity contribution in [3.63, 3.8) is 0 Å². The lowest BCUT2D eigenvalue weighted by Crippen LogP contribution is -2.52. The van der Waals surface area contributed by atoms with Gasteiger partial charge in [-0.25, -0.2) is 8.42 Å². The topological polar surface area (TPSA) is 86.8 Å². The lowest BCUT2D eigenvalue weighted by molar-refractivity contribution is -0.140. The Hall–Kier alpha value is -3.36. The van der Waals surface area contributed by atoms with Crippen molar-refractivity contribution in [2.75, 3.05) is 17.4 Å². The number of carbonyl (C=O) groups excluding carboxylic acids is 2. The fraction of sp³-hybridized carbons (Fsp3) is 0.375. The minimum absolute atomic E-state index is 0.0667. The average molecular weight is 598 g/mol. The molecule has 3 aromatic rings. The van der Waals surface area contributed by atoms with Crippen LogP contribution in [0.3, 0.4) is 0 Å². The smallest absolute Gasteiger partial charge is 0.264 e. The van der Waals surface area contributed by atoms with E-state index < -0.39 is 28.5 Å². The molecule has 0 bridgehead atoms. The molecule has 0 spiro atoms. The van der Waals surface area contributed by atoms with Crippen LogP contribution in [0.1, 0.15) is 49.4 Å². The van der Waals surface area contributed by atoms with Crippen molar-refractivity contribution in [1.82, 2.24) is 10.2 Å². The number of rotatable bonds is 12. The number of carbonyl (C=O) groups is 2. The molecule has 3 rings (SSSR count). The van der Waals surface area contributed by atoms with Crippen LogP contribution in [0.2, 0.25) is 5.02 Å². The van der Waals surface area contributed by atoms with Gasteiger partial charge in [0, 0.05) is 18.1 Å². The molecule has 0 aliphatic heterocycles. The first-order valence-electron chi connectivity index (χ1n) is 13.8. The van der Waals surface area contributed by atoms with Gasteiger partial charge in [0.25, 0.3) is 10.0 Å². The van der Waals surface area contributed by atoms with Crippen LogP contribution in [-0.2, 0) is 26.2 Å². The summed E-state index contributed by atoms with van der Waals surface area (Å²) in [4.78, 5) is 29.0. The highest BCUT2D eigenvalue weighted by Gasteiger charge is 2.34. The molecule has 1 N–H and O–H groups in total. The van der Waals surface area contributed by atoms with Crippen LogP contribution in [0.4, 0.5) is 5.69 Å². The molecule has 0 aliphatic carbocycles. The summed E-state index contributed by atoms with van der Waals surface area (Å²) >= 11 is 6.19. The predicted molar refractivity (Wildman–Crippen MR) is 166 cm³/mol. The van der Waals surface area contributed by atoms with E-state index in [2.05, 4.69) is 5.32 Å². The minimum atomic E-state index is -4.15. The second-order valence-electron chi connectivity index (χ2n) is 10.8. The van der Waals surface area contributed by atoms with E-state index in [-0.39, 0.29) is 23.3 Å². The average Bonchev–Trinajstić information content (AvgIpc) is 2.92. The van der Waals surface area contributed by atoms with Crippen LogP contribution < -0.4 is 9.62 Å². The van der Waals surface area contributed by atoms with Crippen LogP contribution in [-0.4, -0.2) is 44.3 Å². The molecule has 0 aromatic heterocycles. The van der Waals surface area contributed by atoms with Crippen LogP contribution in [0.25, 0.3) is 0 Å². The summed E-state index contributed by atoms with van der Waals surface area (Å²) in [7, 11) is -4.15. The number of sulfonamides is 1. The lowest BCUT2D eigenvalue weighted by Gasteiger charge is -2.33. The quantitative estimate of drug-likeness (QED) is 0.276. The third-order valence-electron chi connectivity index (χ3n) is 6.86. The Morgan fingerprint density at radius 2 is 1.49 bits per heavy atom. The molecule has 41 heavy (non-hydrogen) atoms. The number of anilines is 1. The highest BCUT2D eigenvalue weighted by atomic mass is 35.5.